The number of amides is 1. The van der Waals surface area contributed by atoms with Gasteiger partial charge < -0.3 is 20.3 Å². The lowest BCUT2D eigenvalue weighted by molar-refractivity contribution is -0.119. The third-order valence-corrected chi connectivity index (χ3v) is 3.62. The Morgan fingerprint density at radius 1 is 1.04 bits per heavy atom. The van der Waals surface area contributed by atoms with Crippen molar-refractivity contribution in [3.8, 4) is 11.5 Å². The molecule has 1 amide bonds. The fourth-order valence-electron chi connectivity index (χ4n) is 1.74. The van der Waals surface area contributed by atoms with Crippen LogP contribution in [0.2, 0.25) is 15.1 Å². The second kappa shape index (κ2) is 7.61. The van der Waals surface area contributed by atoms with E-state index in [0.717, 1.165) is 12.1 Å². The minimum Gasteiger partial charge on any atom is -0.508 e. The molecule has 0 radical (unpaired) electrons. The van der Waals surface area contributed by atoms with Gasteiger partial charge in [-0.1, -0.05) is 34.8 Å². The monoisotopic (exact) mass is 389 g/mol. The third kappa shape index (κ3) is 4.44. The fourth-order valence-corrected chi connectivity index (χ4v) is 2.65. The summed E-state index contributed by atoms with van der Waals surface area (Å²) in [4.78, 5) is 23.6. The number of anilines is 1. The number of esters is 1. The molecule has 3 N–H and O–H groups in total. The number of nitrogens with one attached hydrogen (secondary N) is 1. The molecule has 0 aliphatic rings. The van der Waals surface area contributed by atoms with E-state index in [1.54, 1.807) is 0 Å². The third-order valence-electron chi connectivity index (χ3n) is 2.81. The Morgan fingerprint density at radius 2 is 1.67 bits per heavy atom. The predicted molar refractivity (Wildman–Crippen MR) is 90.2 cm³/mol. The first-order valence-electron chi connectivity index (χ1n) is 6.41. The molecule has 0 aliphatic carbocycles. The van der Waals surface area contributed by atoms with Crippen LogP contribution >= 0.6 is 34.8 Å². The largest absolute Gasteiger partial charge is 0.508 e. The van der Waals surface area contributed by atoms with Gasteiger partial charge in [0.1, 0.15) is 17.1 Å². The summed E-state index contributed by atoms with van der Waals surface area (Å²) < 4.78 is 4.78. The van der Waals surface area contributed by atoms with Gasteiger partial charge in [0, 0.05) is 11.1 Å². The van der Waals surface area contributed by atoms with E-state index in [9.17, 15) is 14.7 Å². The Kier molecular flexibility index (Phi) is 5.77. The smallest absolute Gasteiger partial charge is 0.342 e. The Morgan fingerprint density at radius 3 is 2.25 bits per heavy atom. The summed E-state index contributed by atoms with van der Waals surface area (Å²) in [5.41, 5.74) is -0.0561. The molecule has 0 saturated heterocycles. The standard InChI is InChI=1S/C15H10Cl3NO5/c16-7-3-10(17)14(11(18)4-7)19-13(22)6-24-15(23)9-2-1-8(20)5-12(9)21/h1-5,20-21H,6H2,(H,19,22). The van der Waals surface area contributed by atoms with Crippen molar-refractivity contribution in [3.05, 3.63) is 51.0 Å². The Labute approximate surface area is 151 Å². The zero-order chi connectivity index (χ0) is 17.9. The second-order valence-electron chi connectivity index (χ2n) is 4.57. The van der Waals surface area contributed by atoms with E-state index in [1.807, 2.05) is 0 Å². The summed E-state index contributed by atoms with van der Waals surface area (Å²) in [6, 6.07) is 6.13. The number of ether oxygens (including phenoxy) is 1. The predicted octanol–water partition coefficient (Wildman–Crippen LogP) is 3.85. The van der Waals surface area contributed by atoms with Crippen molar-refractivity contribution in [1.29, 1.82) is 0 Å². The summed E-state index contributed by atoms with van der Waals surface area (Å²) in [6.07, 6.45) is 0. The van der Waals surface area contributed by atoms with Crippen LogP contribution in [0.15, 0.2) is 30.3 Å². The fraction of sp³-hybridized carbons (Fsp3) is 0.0667. The van der Waals surface area contributed by atoms with E-state index >= 15 is 0 Å². The lowest BCUT2D eigenvalue weighted by Gasteiger charge is -2.10. The van der Waals surface area contributed by atoms with Gasteiger partial charge in [0.2, 0.25) is 0 Å². The average molecular weight is 391 g/mol. The summed E-state index contributed by atoms with van der Waals surface area (Å²) in [5, 5.41) is 21.7. The average Bonchev–Trinajstić information content (AvgIpc) is 2.48. The first-order chi connectivity index (χ1) is 11.3. The number of carbonyl (C=O) groups excluding carboxylic acids is 2. The molecular weight excluding hydrogens is 381 g/mol. The highest BCUT2D eigenvalue weighted by Gasteiger charge is 2.16. The van der Waals surface area contributed by atoms with Gasteiger partial charge >= 0.3 is 5.97 Å². The molecule has 126 valence electrons. The molecule has 9 heteroatoms. The SMILES string of the molecule is O=C(COC(=O)c1ccc(O)cc1O)Nc1c(Cl)cc(Cl)cc1Cl. The van der Waals surface area contributed by atoms with Gasteiger partial charge in [-0.2, -0.15) is 0 Å². The van der Waals surface area contributed by atoms with Crippen LogP contribution in [0, 0.1) is 0 Å². The van der Waals surface area contributed by atoms with Crippen LogP contribution in [0.25, 0.3) is 0 Å². The van der Waals surface area contributed by atoms with Crippen LogP contribution in [0.4, 0.5) is 5.69 Å². The van der Waals surface area contributed by atoms with E-state index in [1.165, 1.54) is 18.2 Å². The number of hydrogen-bond acceptors (Lipinski definition) is 5. The van der Waals surface area contributed by atoms with Gasteiger partial charge in [0.05, 0.1) is 15.7 Å². The zero-order valence-electron chi connectivity index (χ0n) is 11.8. The molecule has 0 bridgehead atoms. The molecule has 6 nitrogen and oxygen atoms in total. The molecule has 2 aromatic rings. The van der Waals surface area contributed by atoms with Gasteiger partial charge in [-0.3, -0.25) is 4.79 Å². The van der Waals surface area contributed by atoms with Crippen LogP contribution < -0.4 is 5.32 Å². The molecule has 0 aliphatic heterocycles. The number of benzene rings is 2. The summed E-state index contributed by atoms with van der Waals surface area (Å²) in [7, 11) is 0. The van der Waals surface area contributed by atoms with E-state index in [0.29, 0.717) is 5.02 Å². The minimum absolute atomic E-state index is 0.128. The maximum Gasteiger partial charge on any atom is 0.342 e. The van der Waals surface area contributed by atoms with Gasteiger partial charge in [0.15, 0.2) is 6.61 Å². The molecule has 24 heavy (non-hydrogen) atoms. The van der Waals surface area contributed by atoms with Gasteiger partial charge in [-0.15, -0.1) is 0 Å². The van der Waals surface area contributed by atoms with Crippen LogP contribution in [-0.2, 0) is 9.53 Å². The summed E-state index contributed by atoms with van der Waals surface area (Å²) >= 11 is 17.6. The van der Waals surface area contributed by atoms with E-state index < -0.39 is 24.2 Å². The Hall–Kier alpha value is -2.15. The molecule has 0 atom stereocenters. The van der Waals surface area contributed by atoms with Gasteiger partial charge in [0.25, 0.3) is 5.91 Å². The van der Waals surface area contributed by atoms with Crippen molar-refractivity contribution in [2.75, 3.05) is 11.9 Å². The zero-order valence-corrected chi connectivity index (χ0v) is 14.1. The van der Waals surface area contributed by atoms with Gasteiger partial charge in [-0.05, 0) is 24.3 Å². The number of phenols is 2. The molecule has 0 spiro atoms. The topological polar surface area (TPSA) is 95.9 Å². The minimum atomic E-state index is -0.934. The first kappa shape index (κ1) is 18.2. The van der Waals surface area contributed by atoms with E-state index in [2.05, 4.69) is 5.32 Å². The number of aromatic hydroxyl groups is 2. The van der Waals surface area contributed by atoms with Gasteiger partial charge in [-0.25, -0.2) is 4.79 Å². The Balaban J connectivity index is 2.00. The normalized spacial score (nSPS) is 10.3. The summed E-state index contributed by atoms with van der Waals surface area (Å²) in [5.74, 6) is -2.30. The molecular formula is C15H10Cl3NO5. The number of hydrogen-bond donors (Lipinski definition) is 3. The van der Waals surface area contributed by atoms with Crippen molar-refractivity contribution in [1.82, 2.24) is 0 Å². The van der Waals surface area contributed by atoms with Crippen molar-refractivity contribution in [3.63, 3.8) is 0 Å². The van der Waals surface area contributed by atoms with Crippen molar-refractivity contribution in [2.24, 2.45) is 0 Å². The molecule has 2 aromatic carbocycles. The molecule has 0 saturated carbocycles. The number of halogens is 3. The van der Waals surface area contributed by atoms with Crippen molar-refractivity contribution < 1.29 is 24.5 Å². The molecule has 0 heterocycles. The van der Waals surface area contributed by atoms with E-state index in [-0.39, 0.29) is 27.0 Å². The summed E-state index contributed by atoms with van der Waals surface area (Å²) in [6.45, 7) is -0.631. The van der Waals surface area contributed by atoms with Crippen LogP contribution in [0.5, 0.6) is 11.5 Å². The lowest BCUT2D eigenvalue weighted by Crippen LogP contribution is -2.21. The number of rotatable bonds is 4. The maximum atomic E-state index is 11.8. The second-order valence-corrected chi connectivity index (χ2v) is 5.82. The van der Waals surface area contributed by atoms with Crippen molar-refractivity contribution in [2.45, 2.75) is 0 Å². The van der Waals surface area contributed by atoms with Crippen molar-refractivity contribution >= 4 is 52.4 Å². The van der Waals surface area contributed by atoms with Crippen LogP contribution in [0.1, 0.15) is 10.4 Å². The highest BCUT2D eigenvalue weighted by atomic mass is 35.5. The van der Waals surface area contributed by atoms with Crippen LogP contribution in [-0.4, -0.2) is 28.7 Å². The molecule has 0 fully saturated rings. The Bertz CT molecular complexity index is 787. The first-order valence-corrected chi connectivity index (χ1v) is 7.55. The van der Waals surface area contributed by atoms with E-state index in [4.69, 9.17) is 44.6 Å². The highest BCUT2D eigenvalue weighted by molar-refractivity contribution is 6.42. The maximum absolute atomic E-state index is 11.8. The number of phenolic OH excluding ortho intramolecular Hbond substituents is 2. The molecule has 0 unspecified atom stereocenters. The molecule has 2 rings (SSSR count). The van der Waals surface area contributed by atoms with Crippen LogP contribution in [0.3, 0.4) is 0 Å². The number of carbonyl (C=O) groups is 2. The lowest BCUT2D eigenvalue weighted by atomic mass is 10.2. The quantitative estimate of drug-likeness (QED) is 0.689. The molecule has 0 aromatic heterocycles. The highest BCUT2D eigenvalue weighted by Crippen LogP contribution is 2.33.